The van der Waals surface area contributed by atoms with Crippen molar-refractivity contribution >= 4 is 16.1 Å². The van der Waals surface area contributed by atoms with Crippen LogP contribution in [0.4, 0.5) is 4.79 Å². The molecule has 0 aliphatic carbocycles. The van der Waals surface area contributed by atoms with Crippen molar-refractivity contribution in [3.05, 3.63) is 0 Å². The molecule has 1 unspecified atom stereocenters. The third-order valence-corrected chi connectivity index (χ3v) is 5.66. The van der Waals surface area contributed by atoms with Gasteiger partial charge in [-0.1, -0.05) is 6.92 Å². The van der Waals surface area contributed by atoms with Crippen LogP contribution < -0.4 is 5.32 Å². The average molecular weight is 318 g/mol. The highest BCUT2D eigenvalue weighted by atomic mass is 32.2. The average Bonchev–Trinajstić information content (AvgIpc) is 2.92. The zero-order chi connectivity index (χ0) is 15.5. The quantitative estimate of drug-likeness (QED) is 0.766. The standard InChI is InChI=1S/C13H26N4O3S/c1-3-15-5-4-12(11-15)10-14-13(18)16-6-8-17(9-7-16)21(2,19)20/h12H,3-11H2,1-2H3,(H,14,18). The van der Waals surface area contributed by atoms with E-state index in [1.165, 1.54) is 10.6 Å². The molecule has 8 heteroatoms. The second-order valence-corrected chi connectivity index (χ2v) is 7.87. The molecule has 2 amide bonds. The molecule has 2 aliphatic rings. The van der Waals surface area contributed by atoms with Crippen molar-refractivity contribution < 1.29 is 13.2 Å². The van der Waals surface area contributed by atoms with Gasteiger partial charge in [-0.05, 0) is 25.4 Å². The highest BCUT2D eigenvalue weighted by molar-refractivity contribution is 7.88. The number of rotatable bonds is 4. The Labute approximate surface area is 127 Å². The predicted molar refractivity (Wildman–Crippen MR) is 81.6 cm³/mol. The molecule has 2 saturated heterocycles. The van der Waals surface area contributed by atoms with Crippen LogP contribution in [0.2, 0.25) is 0 Å². The van der Waals surface area contributed by atoms with Gasteiger partial charge in [-0.2, -0.15) is 4.31 Å². The molecule has 122 valence electrons. The van der Waals surface area contributed by atoms with E-state index in [1.807, 2.05) is 0 Å². The number of amides is 2. The van der Waals surface area contributed by atoms with Crippen LogP contribution in [0, 0.1) is 5.92 Å². The minimum atomic E-state index is -3.14. The number of likely N-dealkylation sites (tertiary alicyclic amines) is 1. The Hall–Kier alpha value is -0.860. The van der Waals surface area contributed by atoms with Crippen molar-refractivity contribution in [2.24, 2.45) is 5.92 Å². The van der Waals surface area contributed by atoms with E-state index in [2.05, 4.69) is 17.1 Å². The Morgan fingerprint density at radius 3 is 2.38 bits per heavy atom. The summed E-state index contributed by atoms with van der Waals surface area (Å²) in [5.74, 6) is 0.534. The summed E-state index contributed by atoms with van der Waals surface area (Å²) in [5.41, 5.74) is 0. The van der Waals surface area contributed by atoms with E-state index < -0.39 is 10.0 Å². The third-order valence-electron chi connectivity index (χ3n) is 4.35. The molecule has 1 N–H and O–H groups in total. The molecule has 0 bridgehead atoms. The molecular weight excluding hydrogens is 292 g/mol. The molecule has 0 aromatic heterocycles. The zero-order valence-corrected chi connectivity index (χ0v) is 13.7. The lowest BCUT2D eigenvalue weighted by molar-refractivity contribution is 0.171. The first kappa shape index (κ1) is 16.5. The van der Waals surface area contributed by atoms with Gasteiger partial charge >= 0.3 is 6.03 Å². The molecule has 0 radical (unpaired) electrons. The van der Waals surface area contributed by atoms with E-state index in [-0.39, 0.29) is 6.03 Å². The van der Waals surface area contributed by atoms with Crippen LogP contribution in [-0.4, -0.2) is 87.2 Å². The van der Waals surface area contributed by atoms with Crippen molar-refractivity contribution in [2.75, 3.05) is 58.6 Å². The minimum Gasteiger partial charge on any atom is -0.338 e. The molecule has 0 aromatic carbocycles. The number of sulfonamides is 1. The number of hydrogen-bond donors (Lipinski definition) is 1. The van der Waals surface area contributed by atoms with Gasteiger partial charge in [-0.15, -0.1) is 0 Å². The fourth-order valence-electron chi connectivity index (χ4n) is 2.93. The van der Waals surface area contributed by atoms with Gasteiger partial charge in [-0.3, -0.25) is 0 Å². The van der Waals surface area contributed by atoms with E-state index in [9.17, 15) is 13.2 Å². The third kappa shape index (κ3) is 4.55. The van der Waals surface area contributed by atoms with Crippen molar-refractivity contribution in [2.45, 2.75) is 13.3 Å². The minimum absolute atomic E-state index is 0.0712. The second-order valence-electron chi connectivity index (χ2n) is 5.88. The van der Waals surface area contributed by atoms with E-state index in [0.717, 1.165) is 26.1 Å². The molecule has 1 atom stereocenters. The van der Waals surface area contributed by atoms with Crippen LogP contribution in [0.5, 0.6) is 0 Å². The lowest BCUT2D eigenvalue weighted by Crippen LogP contribution is -2.53. The molecule has 2 fully saturated rings. The van der Waals surface area contributed by atoms with Crippen molar-refractivity contribution in [3.8, 4) is 0 Å². The summed E-state index contributed by atoms with van der Waals surface area (Å²) >= 11 is 0. The molecular formula is C13H26N4O3S. The summed E-state index contributed by atoms with van der Waals surface area (Å²) in [4.78, 5) is 16.2. The highest BCUT2D eigenvalue weighted by Crippen LogP contribution is 2.14. The van der Waals surface area contributed by atoms with E-state index in [4.69, 9.17) is 0 Å². The lowest BCUT2D eigenvalue weighted by Gasteiger charge is -2.33. The zero-order valence-electron chi connectivity index (χ0n) is 12.9. The van der Waals surface area contributed by atoms with Gasteiger partial charge in [0.2, 0.25) is 10.0 Å². The van der Waals surface area contributed by atoms with Crippen molar-refractivity contribution in [1.29, 1.82) is 0 Å². The maximum atomic E-state index is 12.1. The topological polar surface area (TPSA) is 73.0 Å². The summed E-state index contributed by atoms with van der Waals surface area (Å²) in [5, 5.41) is 2.98. The highest BCUT2D eigenvalue weighted by Gasteiger charge is 2.27. The second kappa shape index (κ2) is 6.93. The van der Waals surface area contributed by atoms with Gasteiger partial charge in [-0.25, -0.2) is 13.2 Å². The molecule has 2 aliphatic heterocycles. The summed E-state index contributed by atoms with van der Waals surface area (Å²) in [7, 11) is -3.14. The number of carbonyl (C=O) groups excluding carboxylic acids is 1. The Morgan fingerprint density at radius 2 is 1.86 bits per heavy atom. The number of urea groups is 1. The van der Waals surface area contributed by atoms with E-state index >= 15 is 0 Å². The Morgan fingerprint density at radius 1 is 1.19 bits per heavy atom. The van der Waals surface area contributed by atoms with Crippen LogP contribution >= 0.6 is 0 Å². The molecule has 21 heavy (non-hydrogen) atoms. The van der Waals surface area contributed by atoms with Crippen LogP contribution in [0.3, 0.4) is 0 Å². The van der Waals surface area contributed by atoms with Crippen LogP contribution in [0.15, 0.2) is 0 Å². The Kier molecular flexibility index (Phi) is 5.45. The van der Waals surface area contributed by atoms with Crippen LogP contribution in [0.1, 0.15) is 13.3 Å². The molecule has 2 rings (SSSR count). The van der Waals surface area contributed by atoms with Gasteiger partial charge in [0.25, 0.3) is 0 Å². The molecule has 0 saturated carbocycles. The Bertz CT molecular complexity index is 460. The fourth-order valence-corrected chi connectivity index (χ4v) is 3.76. The molecule has 0 spiro atoms. The van der Waals surface area contributed by atoms with Crippen LogP contribution in [0.25, 0.3) is 0 Å². The monoisotopic (exact) mass is 318 g/mol. The van der Waals surface area contributed by atoms with Crippen molar-refractivity contribution in [1.82, 2.24) is 19.4 Å². The van der Waals surface area contributed by atoms with Gasteiger partial charge in [0.05, 0.1) is 6.26 Å². The SMILES string of the molecule is CCN1CCC(CNC(=O)N2CCN(S(C)(=O)=O)CC2)C1. The number of nitrogens with zero attached hydrogens (tertiary/aromatic N) is 3. The molecule has 2 heterocycles. The lowest BCUT2D eigenvalue weighted by atomic mass is 10.1. The summed E-state index contributed by atoms with van der Waals surface area (Å²) in [6.45, 7) is 7.80. The first-order valence-corrected chi connectivity index (χ1v) is 9.45. The fraction of sp³-hybridized carbons (Fsp3) is 0.923. The smallest absolute Gasteiger partial charge is 0.317 e. The van der Waals surface area contributed by atoms with E-state index in [0.29, 0.717) is 38.6 Å². The molecule has 7 nitrogen and oxygen atoms in total. The first-order chi connectivity index (χ1) is 9.90. The van der Waals surface area contributed by atoms with Gasteiger partial charge < -0.3 is 15.1 Å². The summed E-state index contributed by atoms with van der Waals surface area (Å²) in [6, 6.07) is -0.0712. The van der Waals surface area contributed by atoms with Gasteiger partial charge in [0, 0.05) is 39.3 Å². The molecule has 0 aromatic rings. The number of carbonyl (C=O) groups is 1. The Balaban J connectivity index is 1.71. The van der Waals surface area contributed by atoms with Crippen molar-refractivity contribution in [3.63, 3.8) is 0 Å². The summed E-state index contributed by atoms with van der Waals surface area (Å²) < 4.78 is 24.3. The maximum Gasteiger partial charge on any atom is 0.317 e. The number of hydrogen-bond acceptors (Lipinski definition) is 4. The van der Waals surface area contributed by atoms with Gasteiger partial charge in [0.1, 0.15) is 0 Å². The number of nitrogens with one attached hydrogen (secondary N) is 1. The largest absolute Gasteiger partial charge is 0.338 e. The first-order valence-electron chi connectivity index (χ1n) is 7.60. The maximum absolute atomic E-state index is 12.1. The van der Waals surface area contributed by atoms with Gasteiger partial charge in [0.15, 0.2) is 0 Å². The predicted octanol–water partition coefficient (Wildman–Crippen LogP) is -0.385. The normalized spacial score (nSPS) is 25.2. The number of piperazine rings is 1. The summed E-state index contributed by atoms with van der Waals surface area (Å²) in [6.07, 6.45) is 2.35. The van der Waals surface area contributed by atoms with Crippen LogP contribution in [-0.2, 0) is 10.0 Å². The van der Waals surface area contributed by atoms with E-state index in [1.54, 1.807) is 4.90 Å².